The van der Waals surface area contributed by atoms with Crippen molar-refractivity contribution in [1.82, 2.24) is 19.9 Å². The van der Waals surface area contributed by atoms with Gasteiger partial charge in [-0.15, -0.1) is 0 Å². The van der Waals surface area contributed by atoms with Gasteiger partial charge in [-0.1, -0.05) is 0 Å². The second-order valence-electron chi connectivity index (χ2n) is 5.52. The molecule has 4 heterocycles. The van der Waals surface area contributed by atoms with Gasteiger partial charge < -0.3 is 5.32 Å². The molecule has 0 aliphatic carbocycles. The van der Waals surface area contributed by atoms with E-state index < -0.39 is 0 Å². The molecule has 0 amide bonds. The van der Waals surface area contributed by atoms with Crippen LogP contribution in [0.15, 0.2) is 10.9 Å². The van der Waals surface area contributed by atoms with Gasteiger partial charge in [-0.2, -0.15) is 0 Å². The van der Waals surface area contributed by atoms with Gasteiger partial charge >= 0.3 is 0 Å². The average molecular weight is 244 g/mol. The second kappa shape index (κ2) is 3.45. The van der Waals surface area contributed by atoms with Gasteiger partial charge in [-0.3, -0.25) is 9.89 Å². The first-order valence-corrected chi connectivity index (χ1v) is 6.57. The maximum absolute atomic E-state index is 12.5. The summed E-state index contributed by atoms with van der Waals surface area (Å²) in [4.78, 5) is 17.1. The van der Waals surface area contributed by atoms with Gasteiger partial charge in [0.1, 0.15) is 0 Å². The van der Waals surface area contributed by atoms with Gasteiger partial charge in [-0.05, 0) is 26.2 Å². The van der Waals surface area contributed by atoms with E-state index in [0.29, 0.717) is 12.1 Å². The van der Waals surface area contributed by atoms with E-state index >= 15 is 0 Å². The van der Waals surface area contributed by atoms with Crippen molar-refractivity contribution in [2.75, 3.05) is 0 Å². The molecule has 2 aromatic rings. The third-order valence-electron chi connectivity index (χ3n) is 4.15. The molecule has 2 bridgehead atoms. The van der Waals surface area contributed by atoms with Crippen LogP contribution in [-0.2, 0) is 12.8 Å². The molecule has 2 aliphatic rings. The normalized spacial score (nSPS) is 26.3. The molecule has 94 valence electrons. The first-order valence-electron chi connectivity index (χ1n) is 6.57. The third kappa shape index (κ3) is 1.37. The Kier molecular flexibility index (Phi) is 1.97. The zero-order valence-corrected chi connectivity index (χ0v) is 10.4. The fourth-order valence-electron chi connectivity index (χ4n) is 3.30. The number of H-pyrrole nitrogens is 1. The van der Waals surface area contributed by atoms with Crippen molar-refractivity contribution in [3.05, 3.63) is 33.4 Å². The van der Waals surface area contributed by atoms with E-state index in [1.807, 2.05) is 13.0 Å². The Balaban J connectivity index is 1.98. The molecule has 18 heavy (non-hydrogen) atoms. The summed E-state index contributed by atoms with van der Waals surface area (Å²) in [6.45, 7) is 1.95. The molecular formula is C13H16N4O. The zero-order chi connectivity index (χ0) is 12.3. The van der Waals surface area contributed by atoms with E-state index in [2.05, 4.69) is 15.4 Å². The van der Waals surface area contributed by atoms with Crippen LogP contribution in [0.3, 0.4) is 0 Å². The summed E-state index contributed by atoms with van der Waals surface area (Å²) >= 11 is 0. The topological polar surface area (TPSA) is 62.2 Å². The van der Waals surface area contributed by atoms with Crippen LogP contribution in [-0.4, -0.2) is 26.7 Å². The van der Waals surface area contributed by atoms with Crippen LogP contribution in [0.4, 0.5) is 0 Å². The van der Waals surface area contributed by atoms with Crippen LogP contribution >= 0.6 is 0 Å². The van der Waals surface area contributed by atoms with Crippen LogP contribution in [0, 0.1) is 6.92 Å². The van der Waals surface area contributed by atoms with Crippen LogP contribution < -0.4 is 10.9 Å². The Morgan fingerprint density at radius 1 is 1.33 bits per heavy atom. The van der Waals surface area contributed by atoms with Crippen molar-refractivity contribution in [2.24, 2.45) is 0 Å². The van der Waals surface area contributed by atoms with Gasteiger partial charge in [0, 0.05) is 35.8 Å². The molecule has 0 unspecified atom stereocenters. The van der Waals surface area contributed by atoms with Crippen LogP contribution in [0.2, 0.25) is 0 Å². The van der Waals surface area contributed by atoms with E-state index in [1.54, 1.807) is 4.52 Å². The highest BCUT2D eigenvalue weighted by molar-refractivity contribution is 5.42. The van der Waals surface area contributed by atoms with Gasteiger partial charge in [0.05, 0.1) is 5.69 Å². The second-order valence-corrected chi connectivity index (χ2v) is 5.52. The highest BCUT2D eigenvalue weighted by Gasteiger charge is 2.31. The number of rotatable bonds is 0. The number of fused-ring (bicyclic) bond motifs is 4. The van der Waals surface area contributed by atoms with Crippen molar-refractivity contribution in [1.29, 1.82) is 0 Å². The molecule has 0 saturated carbocycles. The van der Waals surface area contributed by atoms with Crippen molar-refractivity contribution in [2.45, 2.75) is 44.7 Å². The number of aromatic nitrogens is 3. The fraction of sp³-hybridized carbons (Fsp3) is 0.538. The molecular weight excluding hydrogens is 228 g/mol. The van der Waals surface area contributed by atoms with Gasteiger partial charge in [0.25, 0.3) is 5.56 Å². The zero-order valence-electron chi connectivity index (χ0n) is 10.4. The molecule has 2 N–H and O–H groups in total. The lowest BCUT2D eigenvalue weighted by Crippen LogP contribution is -2.30. The Morgan fingerprint density at radius 3 is 2.94 bits per heavy atom. The minimum Gasteiger partial charge on any atom is -0.311 e. The van der Waals surface area contributed by atoms with Gasteiger partial charge in [0.2, 0.25) is 0 Å². The Bertz CT molecular complexity index is 684. The number of aromatic amines is 1. The van der Waals surface area contributed by atoms with Crippen LogP contribution in [0.25, 0.3) is 5.65 Å². The summed E-state index contributed by atoms with van der Waals surface area (Å²) in [5, 5.41) is 6.65. The van der Waals surface area contributed by atoms with E-state index in [0.717, 1.165) is 35.4 Å². The van der Waals surface area contributed by atoms with Crippen molar-refractivity contribution < 1.29 is 0 Å². The predicted octanol–water partition coefficient (Wildman–Crippen LogP) is 0.550. The molecule has 2 aliphatic heterocycles. The Morgan fingerprint density at radius 2 is 2.11 bits per heavy atom. The third-order valence-corrected chi connectivity index (χ3v) is 4.15. The van der Waals surface area contributed by atoms with Gasteiger partial charge in [0.15, 0.2) is 5.65 Å². The molecule has 0 spiro atoms. The highest BCUT2D eigenvalue weighted by atomic mass is 16.1. The largest absolute Gasteiger partial charge is 0.311 e. The SMILES string of the molecule is Cc1cc2nc3c(c(=O)n2[nH]1)C[C@H]1CC[C@H](C3)N1. The lowest BCUT2D eigenvalue weighted by molar-refractivity contribution is 0.552. The average Bonchev–Trinajstić information content (AvgIpc) is 2.84. The van der Waals surface area contributed by atoms with Gasteiger partial charge in [-0.25, -0.2) is 9.50 Å². The number of hydrogen-bond acceptors (Lipinski definition) is 3. The standard InChI is InChI=1S/C13H16N4O/c1-7-4-12-15-11-6-9-3-2-8(14-9)5-10(11)13(18)17(12)16-7/h4,8-9,14,16H,2-3,5-6H2,1H3/t8-,9-/m1/s1. The van der Waals surface area contributed by atoms with Crippen LogP contribution in [0.1, 0.15) is 29.8 Å². The summed E-state index contributed by atoms with van der Waals surface area (Å²) in [5.74, 6) is 0. The van der Waals surface area contributed by atoms with Crippen LogP contribution in [0.5, 0.6) is 0 Å². The lowest BCUT2D eigenvalue weighted by Gasteiger charge is -2.10. The Labute approximate surface area is 104 Å². The summed E-state index contributed by atoms with van der Waals surface area (Å²) in [7, 11) is 0. The molecule has 2 atom stereocenters. The Hall–Kier alpha value is -1.62. The number of aryl methyl sites for hydroxylation is 1. The van der Waals surface area contributed by atoms with Crippen molar-refractivity contribution in [3.8, 4) is 0 Å². The molecule has 0 radical (unpaired) electrons. The molecule has 1 fully saturated rings. The summed E-state index contributed by atoms with van der Waals surface area (Å²) in [5.41, 5.74) is 3.69. The lowest BCUT2D eigenvalue weighted by atomic mass is 9.98. The molecule has 4 rings (SSSR count). The maximum Gasteiger partial charge on any atom is 0.276 e. The minimum absolute atomic E-state index is 0.0810. The van der Waals surface area contributed by atoms with Crippen molar-refractivity contribution >= 4 is 5.65 Å². The maximum atomic E-state index is 12.5. The van der Waals surface area contributed by atoms with E-state index in [4.69, 9.17) is 0 Å². The summed E-state index contributed by atoms with van der Waals surface area (Å²) in [6.07, 6.45) is 4.09. The number of hydrogen-bond donors (Lipinski definition) is 2. The molecule has 5 nitrogen and oxygen atoms in total. The van der Waals surface area contributed by atoms with E-state index in [1.165, 1.54) is 12.8 Å². The fourth-order valence-corrected chi connectivity index (χ4v) is 3.30. The summed E-state index contributed by atoms with van der Waals surface area (Å²) < 4.78 is 1.58. The number of nitrogens with zero attached hydrogens (tertiary/aromatic N) is 2. The van der Waals surface area contributed by atoms with Crippen molar-refractivity contribution in [3.63, 3.8) is 0 Å². The first kappa shape index (κ1) is 10.3. The summed E-state index contributed by atoms with van der Waals surface area (Å²) in [6, 6.07) is 2.89. The monoisotopic (exact) mass is 244 g/mol. The molecule has 2 aromatic heterocycles. The first-order chi connectivity index (χ1) is 8.70. The smallest absolute Gasteiger partial charge is 0.276 e. The number of nitrogens with one attached hydrogen (secondary N) is 2. The van der Waals surface area contributed by atoms with E-state index in [9.17, 15) is 4.79 Å². The highest BCUT2D eigenvalue weighted by Crippen LogP contribution is 2.24. The molecule has 1 saturated heterocycles. The predicted molar refractivity (Wildman–Crippen MR) is 67.9 cm³/mol. The molecule has 0 aromatic carbocycles. The molecule has 5 heteroatoms. The minimum atomic E-state index is 0.0810. The van der Waals surface area contributed by atoms with E-state index in [-0.39, 0.29) is 5.56 Å². The quantitative estimate of drug-likeness (QED) is 0.711.